The first kappa shape index (κ1) is 23.3. The molecule has 0 saturated carbocycles. The zero-order valence-corrected chi connectivity index (χ0v) is 19.5. The molecule has 0 unspecified atom stereocenters. The summed E-state index contributed by atoms with van der Waals surface area (Å²) in [4.78, 5) is 9.15. The Bertz CT molecular complexity index is 749. The minimum Gasteiger partial charge on any atom is -0.496 e. The van der Waals surface area contributed by atoms with E-state index in [2.05, 4.69) is 50.4 Å². The molecular weight excluding hydrogens is 479 g/mol. The molecule has 2 aromatic rings. The van der Waals surface area contributed by atoms with Crippen LogP contribution >= 0.6 is 24.0 Å². The summed E-state index contributed by atoms with van der Waals surface area (Å²) in [6.45, 7) is 5.78. The Morgan fingerprint density at radius 1 is 1.00 bits per heavy atom. The number of methoxy groups -OCH3 is 1. The van der Waals surface area contributed by atoms with Crippen molar-refractivity contribution in [1.29, 1.82) is 0 Å². The minimum atomic E-state index is 0. The maximum Gasteiger partial charge on any atom is 0.193 e. The first-order chi connectivity index (χ1) is 13.8. The van der Waals surface area contributed by atoms with Gasteiger partial charge in [-0.3, -0.25) is 4.99 Å². The molecule has 0 aromatic heterocycles. The van der Waals surface area contributed by atoms with E-state index in [1.807, 2.05) is 31.3 Å². The minimum absolute atomic E-state index is 0. The Morgan fingerprint density at radius 3 is 2.38 bits per heavy atom. The van der Waals surface area contributed by atoms with Crippen LogP contribution in [0.4, 0.5) is 5.69 Å². The summed E-state index contributed by atoms with van der Waals surface area (Å²) in [6.07, 6.45) is 0. The highest BCUT2D eigenvalue weighted by Crippen LogP contribution is 2.18. The highest BCUT2D eigenvalue weighted by atomic mass is 127. The number of nitrogens with one attached hydrogen (secondary N) is 1. The summed E-state index contributed by atoms with van der Waals surface area (Å²) in [7, 11) is 3.52. The average molecular weight is 510 g/mol. The van der Waals surface area contributed by atoms with Gasteiger partial charge in [0.05, 0.1) is 20.3 Å². The van der Waals surface area contributed by atoms with Gasteiger partial charge in [-0.1, -0.05) is 36.4 Å². The van der Waals surface area contributed by atoms with Crippen molar-refractivity contribution in [2.75, 3.05) is 58.4 Å². The van der Waals surface area contributed by atoms with Crippen LogP contribution in [-0.4, -0.2) is 64.3 Å². The maximum absolute atomic E-state index is 5.80. The zero-order valence-electron chi connectivity index (χ0n) is 17.2. The lowest BCUT2D eigenvalue weighted by Gasteiger charge is -2.37. The number of rotatable bonds is 7. The van der Waals surface area contributed by atoms with Gasteiger partial charge in [-0.05, 0) is 18.2 Å². The molecular formula is C22H31IN4O2. The molecule has 2 aromatic carbocycles. The molecule has 0 amide bonds. The third-order valence-electron chi connectivity index (χ3n) is 4.89. The lowest BCUT2D eigenvalue weighted by molar-refractivity contribution is 0.123. The lowest BCUT2D eigenvalue weighted by Crippen LogP contribution is -2.53. The fourth-order valence-electron chi connectivity index (χ4n) is 3.39. The van der Waals surface area contributed by atoms with E-state index in [0.29, 0.717) is 13.2 Å². The number of benzene rings is 2. The van der Waals surface area contributed by atoms with E-state index in [9.17, 15) is 0 Å². The Morgan fingerprint density at radius 2 is 1.69 bits per heavy atom. The summed E-state index contributed by atoms with van der Waals surface area (Å²) < 4.78 is 11.1. The van der Waals surface area contributed by atoms with E-state index in [1.54, 1.807) is 7.11 Å². The van der Waals surface area contributed by atoms with Crippen molar-refractivity contribution in [2.24, 2.45) is 4.99 Å². The molecule has 1 aliphatic heterocycles. The van der Waals surface area contributed by atoms with Gasteiger partial charge in [0.2, 0.25) is 0 Å². The lowest BCUT2D eigenvalue weighted by atomic mass is 10.2. The van der Waals surface area contributed by atoms with Crippen molar-refractivity contribution in [3.8, 4) is 5.75 Å². The van der Waals surface area contributed by atoms with Gasteiger partial charge in [0, 0.05) is 51.0 Å². The van der Waals surface area contributed by atoms with Gasteiger partial charge in [0.15, 0.2) is 5.96 Å². The van der Waals surface area contributed by atoms with Crippen LogP contribution in [0.1, 0.15) is 5.56 Å². The quantitative estimate of drug-likeness (QED) is 0.268. The van der Waals surface area contributed by atoms with Crippen molar-refractivity contribution < 1.29 is 9.47 Å². The predicted molar refractivity (Wildman–Crippen MR) is 130 cm³/mol. The Kier molecular flexibility index (Phi) is 10.1. The van der Waals surface area contributed by atoms with Crippen LogP contribution in [-0.2, 0) is 11.3 Å². The van der Waals surface area contributed by atoms with Crippen LogP contribution in [0.5, 0.6) is 5.75 Å². The second-order valence-electron chi connectivity index (χ2n) is 6.65. The number of halogens is 1. The zero-order chi connectivity index (χ0) is 19.6. The second-order valence-corrected chi connectivity index (χ2v) is 6.65. The van der Waals surface area contributed by atoms with E-state index in [-0.39, 0.29) is 24.0 Å². The number of nitrogens with zero attached hydrogens (tertiary/aromatic N) is 3. The summed E-state index contributed by atoms with van der Waals surface area (Å²) in [6, 6.07) is 18.5. The van der Waals surface area contributed by atoms with Gasteiger partial charge >= 0.3 is 0 Å². The van der Waals surface area contributed by atoms with Crippen LogP contribution in [0.2, 0.25) is 0 Å². The molecule has 0 radical (unpaired) electrons. The van der Waals surface area contributed by atoms with Crippen LogP contribution in [0.25, 0.3) is 0 Å². The molecule has 29 heavy (non-hydrogen) atoms. The van der Waals surface area contributed by atoms with Crippen molar-refractivity contribution in [2.45, 2.75) is 6.61 Å². The fourth-order valence-corrected chi connectivity index (χ4v) is 3.39. The topological polar surface area (TPSA) is 49.3 Å². The number of piperazine rings is 1. The molecule has 7 heteroatoms. The molecule has 3 rings (SSSR count). The number of anilines is 1. The molecule has 158 valence electrons. The molecule has 1 aliphatic rings. The van der Waals surface area contributed by atoms with E-state index in [0.717, 1.165) is 50.0 Å². The maximum atomic E-state index is 5.80. The Hall–Kier alpha value is -2.00. The molecule has 1 saturated heterocycles. The number of hydrogen-bond acceptors (Lipinski definition) is 4. The average Bonchev–Trinajstić information content (AvgIpc) is 2.77. The van der Waals surface area contributed by atoms with Crippen LogP contribution in [0, 0.1) is 0 Å². The van der Waals surface area contributed by atoms with E-state index in [4.69, 9.17) is 9.47 Å². The molecule has 0 atom stereocenters. The van der Waals surface area contributed by atoms with Crippen molar-refractivity contribution >= 4 is 35.6 Å². The predicted octanol–water partition coefficient (Wildman–Crippen LogP) is 3.23. The van der Waals surface area contributed by atoms with Crippen LogP contribution in [0.3, 0.4) is 0 Å². The van der Waals surface area contributed by atoms with Crippen LogP contribution in [0.15, 0.2) is 59.6 Å². The number of para-hydroxylation sites is 2. The molecule has 1 N–H and O–H groups in total. The normalized spacial score (nSPS) is 14.3. The van der Waals surface area contributed by atoms with Crippen molar-refractivity contribution in [3.05, 3.63) is 60.2 Å². The van der Waals surface area contributed by atoms with Gasteiger partial charge in [-0.25, -0.2) is 0 Å². The van der Waals surface area contributed by atoms with Gasteiger partial charge in [-0.2, -0.15) is 0 Å². The highest BCUT2D eigenvalue weighted by molar-refractivity contribution is 14.0. The van der Waals surface area contributed by atoms with E-state index >= 15 is 0 Å². The highest BCUT2D eigenvalue weighted by Gasteiger charge is 2.19. The molecule has 0 spiro atoms. The number of guanidine groups is 1. The SMILES string of the molecule is CN=C(NCCOCc1ccccc1OC)N1CCN(c2ccccc2)CC1.I. The summed E-state index contributed by atoms with van der Waals surface area (Å²) in [5.41, 5.74) is 2.35. The van der Waals surface area contributed by atoms with Gasteiger partial charge in [-0.15, -0.1) is 24.0 Å². The first-order valence-electron chi connectivity index (χ1n) is 9.77. The van der Waals surface area contributed by atoms with Gasteiger partial charge < -0.3 is 24.6 Å². The van der Waals surface area contributed by atoms with E-state index in [1.165, 1.54) is 5.69 Å². The third-order valence-corrected chi connectivity index (χ3v) is 4.89. The molecule has 0 aliphatic carbocycles. The van der Waals surface area contributed by atoms with Crippen molar-refractivity contribution in [3.63, 3.8) is 0 Å². The first-order valence-corrected chi connectivity index (χ1v) is 9.77. The Labute approximate surface area is 190 Å². The summed E-state index contributed by atoms with van der Waals surface area (Å²) in [5, 5.41) is 3.41. The van der Waals surface area contributed by atoms with Gasteiger partial charge in [0.25, 0.3) is 0 Å². The fraction of sp³-hybridized carbons (Fsp3) is 0.409. The Balaban J connectivity index is 0.00000300. The smallest absolute Gasteiger partial charge is 0.193 e. The molecule has 1 heterocycles. The number of hydrogen-bond donors (Lipinski definition) is 1. The number of aliphatic imine (C=N–C) groups is 1. The number of ether oxygens (including phenoxy) is 2. The summed E-state index contributed by atoms with van der Waals surface area (Å²) >= 11 is 0. The van der Waals surface area contributed by atoms with Gasteiger partial charge in [0.1, 0.15) is 5.75 Å². The van der Waals surface area contributed by atoms with Crippen LogP contribution < -0.4 is 15.0 Å². The summed E-state index contributed by atoms with van der Waals surface area (Å²) in [5.74, 6) is 1.80. The third kappa shape index (κ3) is 6.78. The standard InChI is InChI=1S/C22H30N4O2.HI/c1-23-22(24-12-17-28-18-19-8-6-7-11-21(19)27-2)26-15-13-25(14-16-26)20-9-4-3-5-10-20;/h3-11H,12-18H2,1-2H3,(H,23,24);1H. The monoisotopic (exact) mass is 510 g/mol. The molecule has 6 nitrogen and oxygen atoms in total. The van der Waals surface area contributed by atoms with E-state index < -0.39 is 0 Å². The largest absolute Gasteiger partial charge is 0.496 e. The molecule has 1 fully saturated rings. The molecule has 0 bridgehead atoms. The second kappa shape index (κ2) is 12.5. The van der Waals surface area contributed by atoms with Crippen molar-refractivity contribution in [1.82, 2.24) is 10.2 Å².